The van der Waals surface area contributed by atoms with Crippen molar-refractivity contribution in [1.82, 2.24) is 0 Å². The fourth-order valence-corrected chi connectivity index (χ4v) is 0. The molecule has 0 saturated carbocycles. The van der Waals surface area contributed by atoms with Crippen LogP contribution in [0, 0.1) is 0 Å². The van der Waals surface area contributed by atoms with Gasteiger partial charge in [-0.25, -0.2) is 0 Å². The van der Waals surface area contributed by atoms with Crippen molar-refractivity contribution in [2.24, 2.45) is 0 Å². The Balaban J connectivity index is 0. The summed E-state index contributed by atoms with van der Waals surface area (Å²) < 4.78 is 0. The van der Waals surface area contributed by atoms with Gasteiger partial charge in [-0.05, 0) is 0 Å². The first-order chi connectivity index (χ1) is 1.73. The van der Waals surface area contributed by atoms with E-state index in [0.29, 0.717) is 0 Å². The average Bonchev–Trinajstić information content (AvgIpc) is 0.811. The molecule has 0 aromatic carbocycles. The molecule has 0 amide bonds. The quantitative estimate of drug-likeness (QED) is 0.398. The number of hydrogen-bond donors (Lipinski definition) is 3. The smallest absolute Gasteiger partial charge is 0.324 e. The van der Waals surface area contributed by atoms with Gasteiger partial charge in [-0.15, -0.1) is 0 Å². The van der Waals surface area contributed by atoms with Crippen molar-refractivity contribution in [1.29, 1.82) is 0 Å². The summed E-state index contributed by atoms with van der Waals surface area (Å²) in [6, 6.07) is 0. The monoisotopic (exact) mass is 167 g/mol. The first-order valence-electron chi connectivity index (χ1n) is 0.600. The molecular weight excluding hydrogens is 164 g/mol. The molecule has 0 fully saturated rings. The molecule has 0 bridgehead atoms. The first kappa shape index (κ1) is 10.2. The minimum Gasteiger partial charge on any atom is -0.328 e. The Morgan fingerprint density at radius 3 is 1.00 bits per heavy atom. The third kappa shape index (κ3) is 23.1. The Hall–Kier alpha value is 2.12. The van der Waals surface area contributed by atoms with Crippen molar-refractivity contribution < 1.29 is 14.7 Å². The van der Waals surface area contributed by atoms with E-state index in [9.17, 15) is 0 Å². The standard InChI is InChI=1S/H3O3P.Rb/c1-4(2)3;/h1-3H;. The molecule has 0 aliphatic carbocycles. The Morgan fingerprint density at radius 2 is 1.00 bits per heavy atom. The topological polar surface area (TPSA) is 60.7 Å². The van der Waals surface area contributed by atoms with Crippen molar-refractivity contribution in [2.75, 3.05) is 0 Å². The van der Waals surface area contributed by atoms with Crippen molar-refractivity contribution in [3.8, 4) is 0 Å². The maximum atomic E-state index is 7.23. The van der Waals surface area contributed by atoms with Gasteiger partial charge in [0.05, 0.1) is 0 Å². The van der Waals surface area contributed by atoms with E-state index in [1.807, 2.05) is 0 Å². The van der Waals surface area contributed by atoms with Gasteiger partial charge in [0.15, 0.2) is 0 Å². The molecule has 3 nitrogen and oxygen atoms in total. The predicted octanol–water partition coefficient (Wildman–Crippen LogP) is -1.19. The van der Waals surface area contributed by atoms with Crippen LogP contribution >= 0.6 is 8.60 Å². The molecule has 0 aliphatic heterocycles. The fourth-order valence-electron chi connectivity index (χ4n) is 0. The van der Waals surface area contributed by atoms with Gasteiger partial charge in [-0.2, -0.15) is 0 Å². The Bertz CT molecular complexity index is 11.6. The third-order valence-corrected chi connectivity index (χ3v) is 0. The van der Waals surface area contributed by atoms with Gasteiger partial charge in [-0.3, -0.25) is 0 Å². The summed E-state index contributed by atoms with van der Waals surface area (Å²) >= 11 is 0. The molecule has 0 rings (SSSR count). The maximum Gasteiger partial charge on any atom is 0.324 e. The van der Waals surface area contributed by atoms with Crippen LogP contribution in [0.1, 0.15) is 0 Å². The van der Waals surface area contributed by atoms with E-state index in [-0.39, 0.29) is 58.2 Å². The van der Waals surface area contributed by atoms with Crippen LogP contribution < -0.4 is 0 Å². The minimum absolute atomic E-state index is 0. The molecule has 0 heterocycles. The summed E-state index contributed by atoms with van der Waals surface area (Å²) in [5, 5.41) is 0. The molecule has 0 aromatic heterocycles. The van der Waals surface area contributed by atoms with Crippen LogP contribution in [0.4, 0.5) is 0 Å². The molecular formula is H3O3PRb. The van der Waals surface area contributed by atoms with Crippen molar-refractivity contribution in [2.45, 2.75) is 0 Å². The van der Waals surface area contributed by atoms with Crippen LogP contribution in [0.25, 0.3) is 0 Å². The molecule has 5 heteroatoms. The normalized spacial score (nSPS) is 7.20. The molecule has 1 radical (unpaired) electrons. The van der Waals surface area contributed by atoms with E-state index in [1.54, 1.807) is 0 Å². The van der Waals surface area contributed by atoms with Crippen LogP contribution in [0.5, 0.6) is 0 Å². The first-order valence-corrected chi connectivity index (χ1v) is 1.80. The second-order valence-electron chi connectivity index (χ2n) is 0.268. The predicted molar refractivity (Wildman–Crippen MR) is 19.3 cm³/mol. The van der Waals surface area contributed by atoms with E-state index < -0.39 is 8.60 Å². The van der Waals surface area contributed by atoms with Gasteiger partial charge in [0.2, 0.25) is 0 Å². The molecule has 0 unspecified atom stereocenters. The zero-order valence-corrected chi connectivity index (χ0v) is 8.60. The molecule has 5 heavy (non-hydrogen) atoms. The molecule has 3 N–H and O–H groups in total. The van der Waals surface area contributed by atoms with Crippen LogP contribution in [0.3, 0.4) is 0 Å². The van der Waals surface area contributed by atoms with Crippen molar-refractivity contribution in [3.05, 3.63) is 0 Å². The van der Waals surface area contributed by atoms with E-state index in [1.165, 1.54) is 0 Å². The second-order valence-corrected chi connectivity index (χ2v) is 0.805. The van der Waals surface area contributed by atoms with Crippen molar-refractivity contribution in [3.63, 3.8) is 0 Å². The van der Waals surface area contributed by atoms with E-state index in [4.69, 9.17) is 14.7 Å². The van der Waals surface area contributed by atoms with E-state index >= 15 is 0 Å². The summed E-state index contributed by atoms with van der Waals surface area (Å²) in [4.78, 5) is 21.7. The van der Waals surface area contributed by atoms with Crippen LogP contribution in [-0.2, 0) is 0 Å². The Kier molecular flexibility index (Phi) is 12.4. The number of rotatable bonds is 0. The number of hydrogen-bond acceptors (Lipinski definition) is 3. The third-order valence-electron chi connectivity index (χ3n) is 0. The zero-order chi connectivity index (χ0) is 3.58. The maximum absolute atomic E-state index is 7.23. The van der Waals surface area contributed by atoms with E-state index in [0.717, 1.165) is 0 Å². The van der Waals surface area contributed by atoms with Crippen LogP contribution in [0.15, 0.2) is 0 Å². The van der Waals surface area contributed by atoms with E-state index in [2.05, 4.69) is 0 Å². The average molecular weight is 167 g/mol. The summed E-state index contributed by atoms with van der Waals surface area (Å²) in [6.07, 6.45) is 0. The van der Waals surface area contributed by atoms with Crippen LogP contribution in [0.2, 0.25) is 0 Å². The molecule has 0 aliphatic rings. The molecule has 0 atom stereocenters. The SMILES string of the molecule is OP(O)O.[Rb]. The summed E-state index contributed by atoms with van der Waals surface area (Å²) in [5.41, 5.74) is 0. The molecule has 27 valence electrons. The van der Waals surface area contributed by atoms with Gasteiger partial charge < -0.3 is 14.7 Å². The van der Waals surface area contributed by atoms with Gasteiger partial charge >= 0.3 is 8.60 Å². The fraction of sp³-hybridized carbons (Fsp3) is 0. The Labute approximate surface area is 79.8 Å². The zero-order valence-electron chi connectivity index (χ0n) is 2.79. The molecule has 0 spiro atoms. The van der Waals surface area contributed by atoms with Gasteiger partial charge in [0, 0.05) is 58.2 Å². The molecule has 0 aromatic rings. The summed E-state index contributed by atoms with van der Waals surface area (Å²) in [7, 11) is -2.62. The minimum atomic E-state index is -2.62. The van der Waals surface area contributed by atoms with Gasteiger partial charge in [0.25, 0.3) is 0 Å². The van der Waals surface area contributed by atoms with Crippen molar-refractivity contribution >= 4 is 66.8 Å². The van der Waals surface area contributed by atoms with Gasteiger partial charge in [-0.1, -0.05) is 0 Å². The Morgan fingerprint density at radius 1 is 1.00 bits per heavy atom. The van der Waals surface area contributed by atoms with Gasteiger partial charge in [0.1, 0.15) is 0 Å². The summed E-state index contributed by atoms with van der Waals surface area (Å²) in [5.74, 6) is 0. The summed E-state index contributed by atoms with van der Waals surface area (Å²) in [6.45, 7) is 0. The largest absolute Gasteiger partial charge is 0.328 e. The second kappa shape index (κ2) is 6.12. The molecule has 0 saturated heterocycles. The van der Waals surface area contributed by atoms with Crippen LogP contribution in [-0.4, -0.2) is 72.9 Å².